The first-order valence-corrected chi connectivity index (χ1v) is 12.7. The van der Waals surface area contributed by atoms with Crippen LogP contribution in [0.3, 0.4) is 0 Å². The van der Waals surface area contributed by atoms with E-state index in [1.165, 1.54) is 4.90 Å². The largest absolute Gasteiger partial charge is 0.358 e. The molecule has 0 radical (unpaired) electrons. The van der Waals surface area contributed by atoms with Crippen molar-refractivity contribution in [3.63, 3.8) is 0 Å². The summed E-state index contributed by atoms with van der Waals surface area (Å²) in [6, 6.07) is 16.5. The van der Waals surface area contributed by atoms with E-state index >= 15 is 0 Å². The summed E-state index contributed by atoms with van der Waals surface area (Å²) in [5, 5.41) is 7.19. The molecule has 9 nitrogen and oxygen atoms in total. The van der Waals surface area contributed by atoms with Gasteiger partial charge in [-0.05, 0) is 44.0 Å². The fraction of sp³-hybridized carbons (Fsp3) is 0.345. The minimum absolute atomic E-state index is 0.0109. The normalized spacial score (nSPS) is 12.7. The van der Waals surface area contributed by atoms with Crippen LogP contribution in [0.4, 0.5) is 0 Å². The Morgan fingerprint density at radius 2 is 1.63 bits per heavy atom. The summed E-state index contributed by atoms with van der Waals surface area (Å²) >= 11 is 0. The van der Waals surface area contributed by atoms with Crippen LogP contribution in [0.1, 0.15) is 53.6 Å². The van der Waals surface area contributed by atoms with Crippen molar-refractivity contribution in [3.8, 4) is 17.1 Å². The summed E-state index contributed by atoms with van der Waals surface area (Å²) in [4.78, 5) is 45.8. The molecular weight excluding hydrogens is 480 g/mol. The average molecular weight is 517 g/mol. The van der Waals surface area contributed by atoms with E-state index in [0.717, 1.165) is 31.2 Å². The molecule has 0 bridgehead atoms. The van der Waals surface area contributed by atoms with Crippen LogP contribution in [0.2, 0.25) is 0 Å². The van der Waals surface area contributed by atoms with E-state index in [0.29, 0.717) is 17.1 Å². The van der Waals surface area contributed by atoms with E-state index < -0.39 is 0 Å². The highest BCUT2D eigenvalue weighted by atomic mass is 16.2. The lowest BCUT2D eigenvalue weighted by molar-refractivity contribution is -0.121. The monoisotopic (exact) mass is 516 g/mol. The second-order valence-electron chi connectivity index (χ2n) is 9.24. The summed E-state index contributed by atoms with van der Waals surface area (Å²) < 4.78 is 1.61. The molecule has 200 valence electrons. The van der Waals surface area contributed by atoms with Gasteiger partial charge < -0.3 is 15.1 Å². The van der Waals surface area contributed by atoms with Crippen molar-refractivity contribution in [2.24, 2.45) is 0 Å². The predicted octanol–water partition coefficient (Wildman–Crippen LogP) is 3.96. The molecule has 1 N–H and O–H groups in total. The predicted molar refractivity (Wildman–Crippen MR) is 148 cm³/mol. The molecule has 1 saturated carbocycles. The second-order valence-corrected chi connectivity index (χ2v) is 9.24. The first-order chi connectivity index (χ1) is 18.3. The number of nitrogens with zero attached hydrogens (tertiary/aromatic N) is 5. The summed E-state index contributed by atoms with van der Waals surface area (Å²) in [5.74, 6) is -0.152. The molecule has 1 aliphatic carbocycles. The van der Waals surface area contributed by atoms with Gasteiger partial charge in [0.05, 0.1) is 5.69 Å². The first kappa shape index (κ1) is 28.3. The van der Waals surface area contributed by atoms with Crippen LogP contribution in [-0.4, -0.2) is 76.0 Å². The van der Waals surface area contributed by atoms with Gasteiger partial charge in [-0.15, -0.1) is 11.7 Å². The Morgan fingerprint density at radius 3 is 2.18 bits per heavy atom. The van der Waals surface area contributed by atoms with Crippen LogP contribution in [0.25, 0.3) is 17.1 Å². The first-order valence-electron chi connectivity index (χ1n) is 12.7. The van der Waals surface area contributed by atoms with Crippen molar-refractivity contribution < 1.29 is 14.4 Å². The number of likely N-dealkylation sites (N-methyl/N-ethyl adjacent to an activating group) is 1. The van der Waals surface area contributed by atoms with E-state index in [1.807, 2.05) is 37.3 Å². The maximum Gasteiger partial charge on any atom is 0.294 e. The number of rotatable bonds is 7. The molecule has 0 aliphatic heterocycles. The average Bonchev–Trinajstić information content (AvgIpc) is 3.63. The van der Waals surface area contributed by atoms with Gasteiger partial charge in [0.25, 0.3) is 11.8 Å². The zero-order valence-electron chi connectivity index (χ0n) is 22.6. The molecule has 1 heterocycles. The number of benzene rings is 2. The second kappa shape index (κ2) is 13.3. The number of allylic oxidation sites excluding steroid dienone is 1. The van der Waals surface area contributed by atoms with Gasteiger partial charge in [-0.25, -0.2) is 9.67 Å². The van der Waals surface area contributed by atoms with Crippen LogP contribution in [0.5, 0.6) is 0 Å². The molecular formula is C29H36N6O3. The Hall–Kier alpha value is -4.27. The Labute approximate surface area is 224 Å². The molecule has 0 saturated heterocycles. The van der Waals surface area contributed by atoms with Crippen molar-refractivity contribution in [2.45, 2.75) is 38.6 Å². The van der Waals surface area contributed by atoms with Gasteiger partial charge in [-0.2, -0.15) is 0 Å². The maximum atomic E-state index is 13.6. The molecule has 4 rings (SSSR count). The Morgan fingerprint density at radius 1 is 1.03 bits per heavy atom. The van der Waals surface area contributed by atoms with Gasteiger partial charge in [-0.1, -0.05) is 49.2 Å². The van der Waals surface area contributed by atoms with Crippen molar-refractivity contribution in [1.29, 1.82) is 0 Å². The highest BCUT2D eigenvalue weighted by Gasteiger charge is 2.32. The Bertz CT molecular complexity index is 1250. The van der Waals surface area contributed by atoms with Crippen molar-refractivity contribution in [2.75, 3.05) is 27.7 Å². The minimum Gasteiger partial charge on any atom is -0.358 e. The van der Waals surface area contributed by atoms with Crippen LogP contribution < -0.4 is 5.32 Å². The van der Waals surface area contributed by atoms with Crippen molar-refractivity contribution in [1.82, 2.24) is 29.9 Å². The van der Waals surface area contributed by atoms with Gasteiger partial charge in [0, 0.05) is 38.3 Å². The lowest BCUT2D eigenvalue weighted by atomic mass is 10.1. The Kier molecular flexibility index (Phi) is 9.92. The van der Waals surface area contributed by atoms with E-state index in [2.05, 4.69) is 22.0 Å². The quantitative estimate of drug-likeness (QED) is 0.479. The molecule has 0 atom stereocenters. The highest BCUT2D eigenvalue weighted by Crippen LogP contribution is 2.26. The van der Waals surface area contributed by atoms with E-state index in [1.54, 1.807) is 61.1 Å². The third kappa shape index (κ3) is 6.73. The summed E-state index contributed by atoms with van der Waals surface area (Å²) in [5.41, 5.74) is 2.02. The SMILES string of the molecule is C=CC.CNC(=O)CN(C(=O)c1nc(-c2ccccc2)n(-c2ccc(C(=O)N(C)C)cc2)n1)C1CCCC1. The van der Waals surface area contributed by atoms with E-state index in [9.17, 15) is 14.4 Å². The fourth-order valence-electron chi connectivity index (χ4n) is 4.31. The number of carbonyl (C=O) groups is 3. The topological polar surface area (TPSA) is 100 Å². The van der Waals surface area contributed by atoms with Crippen LogP contribution in [-0.2, 0) is 4.79 Å². The van der Waals surface area contributed by atoms with E-state index in [-0.39, 0.29) is 36.1 Å². The van der Waals surface area contributed by atoms with Gasteiger partial charge in [0.1, 0.15) is 6.54 Å². The summed E-state index contributed by atoms with van der Waals surface area (Å²) in [7, 11) is 4.97. The number of nitrogens with one attached hydrogen (secondary N) is 1. The zero-order chi connectivity index (χ0) is 27.7. The number of amides is 3. The van der Waals surface area contributed by atoms with Crippen LogP contribution in [0, 0.1) is 0 Å². The van der Waals surface area contributed by atoms with Crippen molar-refractivity contribution >= 4 is 17.7 Å². The molecule has 38 heavy (non-hydrogen) atoms. The molecule has 0 spiro atoms. The number of carbonyl (C=O) groups excluding carboxylic acids is 3. The number of hydrogen-bond acceptors (Lipinski definition) is 5. The molecule has 0 unspecified atom stereocenters. The molecule has 2 aromatic carbocycles. The molecule has 1 aromatic heterocycles. The highest BCUT2D eigenvalue weighted by molar-refractivity contribution is 5.95. The van der Waals surface area contributed by atoms with Gasteiger partial charge in [0.15, 0.2) is 5.82 Å². The summed E-state index contributed by atoms with van der Waals surface area (Å²) in [6.45, 7) is 5.22. The zero-order valence-corrected chi connectivity index (χ0v) is 22.6. The Balaban J connectivity index is 0.00000127. The van der Waals surface area contributed by atoms with Crippen molar-refractivity contribution in [3.05, 3.63) is 78.6 Å². The fourth-order valence-corrected chi connectivity index (χ4v) is 4.31. The third-order valence-corrected chi connectivity index (χ3v) is 6.21. The maximum absolute atomic E-state index is 13.6. The van der Waals surface area contributed by atoms with Crippen LogP contribution >= 0.6 is 0 Å². The molecule has 3 amide bonds. The molecule has 1 fully saturated rings. The van der Waals surface area contributed by atoms with Gasteiger partial charge in [-0.3, -0.25) is 14.4 Å². The lowest BCUT2D eigenvalue weighted by Gasteiger charge is -2.27. The molecule has 9 heteroatoms. The lowest BCUT2D eigenvalue weighted by Crippen LogP contribution is -2.45. The van der Waals surface area contributed by atoms with Gasteiger partial charge >= 0.3 is 0 Å². The number of hydrogen-bond donors (Lipinski definition) is 1. The molecule has 1 aliphatic rings. The minimum atomic E-state index is -0.365. The van der Waals surface area contributed by atoms with E-state index in [4.69, 9.17) is 0 Å². The summed E-state index contributed by atoms with van der Waals surface area (Å²) in [6.07, 6.45) is 5.52. The molecule has 3 aromatic rings. The van der Waals surface area contributed by atoms with Crippen LogP contribution in [0.15, 0.2) is 67.3 Å². The van der Waals surface area contributed by atoms with Gasteiger partial charge in [0.2, 0.25) is 11.7 Å². The number of aromatic nitrogens is 3. The standard InChI is InChI=1S/C26H30N6O3.C3H6/c1-27-22(33)17-31(20-11-7-8-12-20)26(35)23-28-24(18-9-5-4-6-10-18)32(29-23)21-15-13-19(14-16-21)25(34)30(2)3;1-3-2/h4-6,9-10,13-16,20H,7-8,11-12,17H2,1-3H3,(H,27,33);3H,1H2,2H3. The third-order valence-electron chi connectivity index (χ3n) is 6.21. The smallest absolute Gasteiger partial charge is 0.294 e.